The molecule has 1 aliphatic rings. The minimum absolute atomic E-state index is 0.161. The Morgan fingerprint density at radius 2 is 2.44 bits per heavy atom. The van der Waals surface area contributed by atoms with Gasteiger partial charge in [0.05, 0.1) is 6.04 Å². The Labute approximate surface area is 117 Å². The van der Waals surface area contributed by atoms with Gasteiger partial charge in [-0.1, -0.05) is 35.2 Å². The van der Waals surface area contributed by atoms with Crippen LogP contribution in [-0.4, -0.2) is 18.7 Å². The summed E-state index contributed by atoms with van der Waals surface area (Å²) in [6.45, 7) is 2.95. The fourth-order valence-corrected chi connectivity index (χ4v) is 2.62. The lowest BCUT2D eigenvalue weighted by Crippen LogP contribution is -2.36. The van der Waals surface area contributed by atoms with Gasteiger partial charge in [-0.15, -0.1) is 6.42 Å². The van der Waals surface area contributed by atoms with Gasteiger partial charge in [-0.3, -0.25) is 5.32 Å². The van der Waals surface area contributed by atoms with Crippen LogP contribution in [0.15, 0.2) is 22.7 Å². The number of terminal acetylenes is 1. The Hall–Kier alpha value is -0.980. The van der Waals surface area contributed by atoms with Gasteiger partial charge in [-0.25, -0.2) is 0 Å². The molecule has 0 spiro atoms. The van der Waals surface area contributed by atoms with E-state index in [0.717, 1.165) is 36.0 Å². The molecule has 2 rings (SSSR count). The molecule has 2 atom stereocenters. The standard InChI is InChI=1S/C15H18BrNO/c1-3-5-13(4-2)17-10-14-9-11-8-12(16)6-7-15(11)18-14/h2,6-8,13-14,17H,3,5,9-10H2,1H3. The van der Waals surface area contributed by atoms with Crippen molar-refractivity contribution in [1.29, 1.82) is 0 Å². The lowest BCUT2D eigenvalue weighted by molar-refractivity contribution is 0.224. The van der Waals surface area contributed by atoms with E-state index in [-0.39, 0.29) is 12.1 Å². The Bertz CT molecular complexity index is 452. The van der Waals surface area contributed by atoms with E-state index in [1.807, 2.05) is 12.1 Å². The molecule has 96 valence electrons. The monoisotopic (exact) mass is 307 g/mol. The molecule has 1 aliphatic heterocycles. The molecular weight excluding hydrogens is 290 g/mol. The van der Waals surface area contributed by atoms with Crippen molar-refractivity contribution in [3.8, 4) is 18.1 Å². The first-order valence-electron chi connectivity index (χ1n) is 6.37. The number of halogens is 1. The van der Waals surface area contributed by atoms with Crippen molar-refractivity contribution in [2.75, 3.05) is 6.54 Å². The van der Waals surface area contributed by atoms with Gasteiger partial charge in [0.1, 0.15) is 11.9 Å². The summed E-state index contributed by atoms with van der Waals surface area (Å²) >= 11 is 3.48. The Morgan fingerprint density at radius 1 is 1.61 bits per heavy atom. The molecule has 1 aromatic carbocycles. The first-order chi connectivity index (χ1) is 8.72. The second kappa shape index (κ2) is 6.26. The minimum Gasteiger partial charge on any atom is -0.488 e. The molecule has 0 aromatic heterocycles. The number of ether oxygens (including phenoxy) is 1. The van der Waals surface area contributed by atoms with Crippen molar-refractivity contribution in [1.82, 2.24) is 5.32 Å². The average Bonchev–Trinajstić information content (AvgIpc) is 2.76. The van der Waals surface area contributed by atoms with Crippen LogP contribution in [0.2, 0.25) is 0 Å². The van der Waals surface area contributed by atoms with E-state index in [1.165, 1.54) is 5.56 Å². The van der Waals surface area contributed by atoms with Crippen LogP contribution >= 0.6 is 15.9 Å². The molecule has 18 heavy (non-hydrogen) atoms. The van der Waals surface area contributed by atoms with E-state index < -0.39 is 0 Å². The van der Waals surface area contributed by atoms with Gasteiger partial charge in [0.15, 0.2) is 0 Å². The Kier molecular flexibility index (Phi) is 4.68. The topological polar surface area (TPSA) is 21.3 Å². The van der Waals surface area contributed by atoms with Crippen molar-refractivity contribution in [3.63, 3.8) is 0 Å². The largest absolute Gasteiger partial charge is 0.488 e. The molecule has 1 heterocycles. The number of fused-ring (bicyclic) bond motifs is 1. The van der Waals surface area contributed by atoms with Gasteiger partial charge in [-0.05, 0) is 30.2 Å². The molecule has 2 unspecified atom stereocenters. The van der Waals surface area contributed by atoms with Gasteiger partial charge < -0.3 is 4.74 Å². The van der Waals surface area contributed by atoms with E-state index in [2.05, 4.69) is 40.2 Å². The van der Waals surface area contributed by atoms with Crippen LogP contribution < -0.4 is 10.1 Å². The highest BCUT2D eigenvalue weighted by atomic mass is 79.9. The summed E-state index contributed by atoms with van der Waals surface area (Å²) in [6.07, 6.45) is 8.75. The molecule has 0 fully saturated rings. The van der Waals surface area contributed by atoms with Crippen LogP contribution in [0.1, 0.15) is 25.3 Å². The fourth-order valence-electron chi connectivity index (χ4n) is 2.21. The summed E-state index contributed by atoms with van der Waals surface area (Å²) in [4.78, 5) is 0. The lowest BCUT2D eigenvalue weighted by atomic mass is 10.1. The molecule has 3 heteroatoms. The molecule has 2 nitrogen and oxygen atoms in total. The molecule has 0 aliphatic carbocycles. The second-order valence-corrected chi connectivity index (χ2v) is 5.53. The third-order valence-corrected chi connectivity index (χ3v) is 3.63. The predicted octanol–water partition coefficient (Wildman–Crippen LogP) is 3.14. The maximum Gasteiger partial charge on any atom is 0.123 e. The van der Waals surface area contributed by atoms with Gasteiger partial charge in [0.25, 0.3) is 0 Å². The highest BCUT2D eigenvalue weighted by Gasteiger charge is 2.23. The van der Waals surface area contributed by atoms with Crippen molar-refractivity contribution in [2.45, 2.75) is 38.3 Å². The summed E-state index contributed by atoms with van der Waals surface area (Å²) in [7, 11) is 0. The number of hydrogen-bond acceptors (Lipinski definition) is 2. The first-order valence-corrected chi connectivity index (χ1v) is 7.16. The highest BCUT2D eigenvalue weighted by molar-refractivity contribution is 9.10. The van der Waals surface area contributed by atoms with Crippen molar-refractivity contribution >= 4 is 15.9 Å². The van der Waals surface area contributed by atoms with E-state index in [0.29, 0.717) is 0 Å². The fraction of sp³-hybridized carbons (Fsp3) is 0.467. The molecule has 0 bridgehead atoms. The minimum atomic E-state index is 0.161. The molecule has 0 amide bonds. The van der Waals surface area contributed by atoms with Crippen LogP contribution in [0.5, 0.6) is 5.75 Å². The zero-order valence-corrected chi connectivity index (χ0v) is 12.2. The predicted molar refractivity (Wildman–Crippen MR) is 77.8 cm³/mol. The number of benzene rings is 1. The lowest BCUT2D eigenvalue weighted by Gasteiger charge is -2.16. The van der Waals surface area contributed by atoms with Gasteiger partial charge in [0.2, 0.25) is 0 Å². The van der Waals surface area contributed by atoms with Crippen LogP contribution in [0.3, 0.4) is 0 Å². The van der Waals surface area contributed by atoms with Crippen LogP contribution in [0, 0.1) is 12.3 Å². The summed E-state index contributed by atoms with van der Waals surface area (Å²) in [6, 6.07) is 6.31. The summed E-state index contributed by atoms with van der Waals surface area (Å²) < 4.78 is 6.99. The maximum atomic E-state index is 5.88. The number of rotatable bonds is 5. The van der Waals surface area contributed by atoms with E-state index in [9.17, 15) is 0 Å². The number of hydrogen-bond donors (Lipinski definition) is 1. The van der Waals surface area contributed by atoms with Gasteiger partial charge >= 0.3 is 0 Å². The van der Waals surface area contributed by atoms with E-state index in [4.69, 9.17) is 11.2 Å². The SMILES string of the molecule is C#CC(CCC)NCC1Cc2cc(Br)ccc2O1. The number of nitrogens with one attached hydrogen (secondary N) is 1. The second-order valence-electron chi connectivity index (χ2n) is 4.61. The molecular formula is C15H18BrNO. The van der Waals surface area contributed by atoms with Crippen molar-refractivity contribution in [3.05, 3.63) is 28.2 Å². The normalized spacial score (nSPS) is 18.8. The molecule has 0 saturated carbocycles. The van der Waals surface area contributed by atoms with Gasteiger partial charge in [0, 0.05) is 17.4 Å². The first kappa shape index (κ1) is 13.5. The summed E-state index contributed by atoms with van der Waals surface area (Å²) in [5.41, 5.74) is 1.27. The quantitative estimate of drug-likeness (QED) is 0.844. The van der Waals surface area contributed by atoms with Crippen LogP contribution in [-0.2, 0) is 6.42 Å². The van der Waals surface area contributed by atoms with E-state index in [1.54, 1.807) is 0 Å². The summed E-state index contributed by atoms with van der Waals surface area (Å²) in [5.74, 6) is 3.78. The average molecular weight is 308 g/mol. The van der Waals surface area contributed by atoms with Crippen LogP contribution in [0.25, 0.3) is 0 Å². The smallest absolute Gasteiger partial charge is 0.123 e. The highest BCUT2D eigenvalue weighted by Crippen LogP contribution is 2.30. The Balaban J connectivity index is 1.86. The maximum absolute atomic E-state index is 5.88. The molecule has 1 aromatic rings. The molecule has 1 N–H and O–H groups in total. The Morgan fingerprint density at radius 3 is 3.17 bits per heavy atom. The molecule has 0 saturated heterocycles. The summed E-state index contributed by atoms with van der Waals surface area (Å²) in [5, 5.41) is 3.39. The third-order valence-electron chi connectivity index (χ3n) is 3.13. The zero-order valence-electron chi connectivity index (χ0n) is 10.6. The van der Waals surface area contributed by atoms with Crippen molar-refractivity contribution < 1.29 is 4.74 Å². The zero-order chi connectivity index (χ0) is 13.0. The third kappa shape index (κ3) is 3.28. The molecule has 0 radical (unpaired) electrons. The van der Waals surface area contributed by atoms with Gasteiger partial charge in [-0.2, -0.15) is 0 Å². The van der Waals surface area contributed by atoms with Crippen molar-refractivity contribution in [2.24, 2.45) is 0 Å². The van der Waals surface area contributed by atoms with E-state index >= 15 is 0 Å². The van der Waals surface area contributed by atoms with Crippen LogP contribution in [0.4, 0.5) is 0 Å².